The number of aliphatic hydroxyl groups is 1. The van der Waals surface area contributed by atoms with Crippen molar-refractivity contribution >= 4 is 11.6 Å². The van der Waals surface area contributed by atoms with Crippen LogP contribution >= 0.6 is 11.6 Å². The van der Waals surface area contributed by atoms with Gasteiger partial charge in [0.1, 0.15) is 0 Å². The van der Waals surface area contributed by atoms with Crippen molar-refractivity contribution in [3.05, 3.63) is 16.4 Å². The number of hydrogen-bond donors (Lipinski definition) is 2. The van der Waals surface area contributed by atoms with Crippen LogP contribution in [0.2, 0.25) is 5.02 Å². The molecule has 16 heavy (non-hydrogen) atoms. The lowest BCUT2D eigenvalue weighted by Gasteiger charge is -2.25. The Morgan fingerprint density at radius 3 is 2.56 bits per heavy atom. The molecule has 4 nitrogen and oxygen atoms in total. The molecule has 1 aromatic heterocycles. The maximum absolute atomic E-state index is 9.34. The molecule has 0 bridgehead atoms. The number of halogens is 1. The van der Waals surface area contributed by atoms with E-state index in [9.17, 15) is 5.11 Å². The quantitative estimate of drug-likeness (QED) is 0.818. The number of rotatable bonds is 5. The van der Waals surface area contributed by atoms with E-state index in [2.05, 4.69) is 5.10 Å². The van der Waals surface area contributed by atoms with Crippen LogP contribution in [0, 0.1) is 5.41 Å². The number of nitrogens with two attached hydrogens (primary N) is 1. The van der Waals surface area contributed by atoms with Gasteiger partial charge in [-0.25, -0.2) is 0 Å². The Hall–Kier alpha value is -0.580. The molecule has 5 heteroatoms. The van der Waals surface area contributed by atoms with Crippen LogP contribution in [0.3, 0.4) is 0 Å². The normalized spacial score (nSPS) is 15.1. The first-order chi connectivity index (χ1) is 7.47. The summed E-state index contributed by atoms with van der Waals surface area (Å²) in [4.78, 5) is 0. The third-order valence-corrected chi connectivity index (χ3v) is 3.41. The Morgan fingerprint density at radius 1 is 1.56 bits per heavy atom. The summed E-state index contributed by atoms with van der Waals surface area (Å²) in [6, 6.07) is 0. The van der Waals surface area contributed by atoms with Gasteiger partial charge < -0.3 is 10.8 Å². The second-order valence-electron chi connectivity index (χ2n) is 4.53. The summed E-state index contributed by atoms with van der Waals surface area (Å²) >= 11 is 6.24. The lowest BCUT2D eigenvalue weighted by atomic mass is 9.86. The molecule has 0 fully saturated rings. The van der Waals surface area contributed by atoms with E-state index in [-0.39, 0.29) is 12.0 Å². The van der Waals surface area contributed by atoms with E-state index in [0.29, 0.717) is 18.0 Å². The van der Waals surface area contributed by atoms with Crippen LogP contribution in [0.5, 0.6) is 0 Å². The van der Waals surface area contributed by atoms with Gasteiger partial charge >= 0.3 is 0 Å². The van der Waals surface area contributed by atoms with Crippen molar-refractivity contribution < 1.29 is 5.11 Å². The van der Waals surface area contributed by atoms with Gasteiger partial charge in [-0.1, -0.05) is 25.4 Å². The molecule has 1 aromatic rings. The van der Waals surface area contributed by atoms with Gasteiger partial charge in [0.15, 0.2) is 0 Å². The van der Waals surface area contributed by atoms with Crippen molar-refractivity contribution in [2.24, 2.45) is 18.2 Å². The highest BCUT2D eigenvalue weighted by atomic mass is 35.5. The predicted molar refractivity (Wildman–Crippen MR) is 65.5 cm³/mol. The Balaban J connectivity index is 3.01. The standard InChI is InChI=1S/C11H20ClN3O/c1-4-8-10(12)9(15(3)14-8)5-11(2,6-13)7-16/h16H,4-7,13H2,1-3H3. The number of hydrogen-bond acceptors (Lipinski definition) is 3. The van der Waals surface area contributed by atoms with Crippen molar-refractivity contribution in [2.75, 3.05) is 13.2 Å². The molecule has 0 aliphatic carbocycles. The summed E-state index contributed by atoms with van der Waals surface area (Å²) < 4.78 is 1.78. The maximum atomic E-state index is 9.34. The van der Waals surface area contributed by atoms with Crippen molar-refractivity contribution in [2.45, 2.75) is 26.7 Å². The van der Waals surface area contributed by atoms with Crippen LogP contribution in [-0.4, -0.2) is 28.0 Å². The SMILES string of the molecule is CCc1nn(C)c(CC(C)(CN)CO)c1Cl. The van der Waals surface area contributed by atoms with Gasteiger partial charge in [-0.15, -0.1) is 0 Å². The zero-order valence-electron chi connectivity index (χ0n) is 10.1. The molecule has 3 N–H and O–H groups in total. The fraction of sp³-hybridized carbons (Fsp3) is 0.727. The molecule has 1 unspecified atom stereocenters. The van der Waals surface area contributed by atoms with Gasteiger partial charge in [-0.3, -0.25) is 4.68 Å². The summed E-state index contributed by atoms with van der Waals surface area (Å²) in [6.45, 7) is 4.44. The molecular formula is C11H20ClN3O. The lowest BCUT2D eigenvalue weighted by molar-refractivity contribution is 0.147. The molecule has 0 amide bonds. The molecule has 92 valence electrons. The summed E-state index contributed by atoms with van der Waals surface area (Å²) in [5, 5.41) is 14.4. The first-order valence-corrected chi connectivity index (χ1v) is 5.86. The smallest absolute Gasteiger partial charge is 0.0849 e. The topological polar surface area (TPSA) is 64.1 Å². The van der Waals surface area contributed by atoms with Crippen LogP contribution in [0.25, 0.3) is 0 Å². The molecule has 0 saturated heterocycles. The van der Waals surface area contributed by atoms with Gasteiger partial charge in [0.2, 0.25) is 0 Å². The lowest BCUT2D eigenvalue weighted by Crippen LogP contribution is -2.34. The van der Waals surface area contributed by atoms with Gasteiger partial charge in [0.05, 0.1) is 23.0 Å². The van der Waals surface area contributed by atoms with Gasteiger partial charge in [0, 0.05) is 19.0 Å². The average Bonchev–Trinajstić information content (AvgIpc) is 2.56. The third kappa shape index (κ3) is 2.56. The minimum Gasteiger partial charge on any atom is -0.396 e. The molecule has 0 aliphatic heterocycles. The van der Waals surface area contributed by atoms with E-state index in [4.69, 9.17) is 17.3 Å². The first kappa shape index (κ1) is 13.5. The molecule has 0 radical (unpaired) electrons. The third-order valence-electron chi connectivity index (χ3n) is 2.97. The molecule has 1 rings (SSSR count). The Labute approximate surface area is 101 Å². The molecule has 0 spiro atoms. The van der Waals surface area contributed by atoms with Crippen LogP contribution in [-0.2, 0) is 19.9 Å². The van der Waals surface area contributed by atoms with Crippen molar-refractivity contribution in [1.82, 2.24) is 9.78 Å². The highest BCUT2D eigenvalue weighted by molar-refractivity contribution is 6.31. The van der Waals surface area contributed by atoms with Crippen molar-refractivity contribution in [1.29, 1.82) is 0 Å². The second-order valence-corrected chi connectivity index (χ2v) is 4.91. The zero-order valence-corrected chi connectivity index (χ0v) is 10.9. The minimum atomic E-state index is -0.331. The van der Waals surface area contributed by atoms with Crippen molar-refractivity contribution in [3.8, 4) is 0 Å². The molecule has 1 atom stereocenters. The van der Waals surface area contributed by atoms with Gasteiger partial charge in [0.25, 0.3) is 0 Å². The van der Waals surface area contributed by atoms with E-state index < -0.39 is 0 Å². The van der Waals surface area contributed by atoms with E-state index in [1.165, 1.54) is 0 Å². The Kier molecular flexibility index (Phi) is 4.35. The number of nitrogens with zero attached hydrogens (tertiary/aromatic N) is 2. The number of aryl methyl sites for hydroxylation is 2. The molecule has 0 aromatic carbocycles. The Morgan fingerprint density at radius 2 is 2.19 bits per heavy atom. The average molecular weight is 246 g/mol. The summed E-state index contributed by atoms with van der Waals surface area (Å²) in [5.41, 5.74) is 7.19. The predicted octanol–water partition coefficient (Wildman–Crippen LogP) is 1.14. The zero-order chi connectivity index (χ0) is 12.3. The Bertz CT molecular complexity index is 358. The fourth-order valence-corrected chi connectivity index (χ4v) is 1.97. The summed E-state index contributed by atoms with van der Waals surface area (Å²) in [7, 11) is 1.87. The van der Waals surface area contributed by atoms with E-state index in [1.807, 2.05) is 20.9 Å². The molecular weight excluding hydrogens is 226 g/mol. The van der Waals surface area contributed by atoms with Crippen LogP contribution in [0.1, 0.15) is 25.2 Å². The highest BCUT2D eigenvalue weighted by Crippen LogP contribution is 2.28. The highest BCUT2D eigenvalue weighted by Gasteiger charge is 2.26. The van der Waals surface area contributed by atoms with E-state index >= 15 is 0 Å². The molecule has 0 saturated carbocycles. The van der Waals surface area contributed by atoms with E-state index in [0.717, 1.165) is 17.8 Å². The van der Waals surface area contributed by atoms with Crippen LogP contribution in [0.4, 0.5) is 0 Å². The van der Waals surface area contributed by atoms with Gasteiger partial charge in [-0.2, -0.15) is 5.10 Å². The number of aromatic nitrogens is 2. The maximum Gasteiger partial charge on any atom is 0.0849 e. The summed E-state index contributed by atoms with van der Waals surface area (Å²) in [6.07, 6.45) is 1.45. The summed E-state index contributed by atoms with van der Waals surface area (Å²) in [5.74, 6) is 0. The van der Waals surface area contributed by atoms with Gasteiger partial charge in [-0.05, 0) is 12.8 Å². The monoisotopic (exact) mass is 245 g/mol. The first-order valence-electron chi connectivity index (χ1n) is 5.48. The fourth-order valence-electron chi connectivity index (χ4n) is 1.61. The second kappa shape index (κ2) is 5.17. The molecule has 1 heterocycles. The van der Waals surface area contributed by atoms with E-state index in [1.54, 1.807) is 4.68 Å². The van der Waals surface area contributed by atoms with Crippen LogP contribution in [0.15, 0.2) is 0 Å². The minimum absolute atomic E-state index is 0.0481. The largest absolute Gasteiger partial charge is 0.396 e. The van der Waals surface area contributed by atoms with Crippen molar-refractivity contribution in [3.63, 3.8) is 0 Å². The number of aliphatic hydroxyl groups excluding tert-OH is 1. The van der Waals surface area contributed by atoms with Crippen LogP contribution < -0.4 is 5.73 Å². The molecule has 0 aliphatic rings.